The van der Waals surface area contributed by atoms with E-state index >= 15 is 0 Å². The molecule has 1 aromatic carbocycles. The van der Waals surface area contributed by atoms with E-state index in [0.29, 0.717) is 17.8 Å². The van der Waals surface area contributed by atoms with Gasteiger partial charge in [0.15, 0.2) is 0 Å². The standard InChI is InChI=1S/C19H18N2O4S/c1-11(21-17(22)12-6-2-3-7-13(12)18(21)23)19(24)25-10-16-20-14-8-4-5-9-15(14)26-16/h2-5,8-9,11-13H,6-7,10H2,1H3/t11-,12-,13-/m0/s1. The Morgan fingerprint density at radius 3 is 2.54 bits per heavy atom. The summed E-state index contributed by atoms with van der Waals surface area (Å²) in [5.74, 6) is -1.81. The minimum atomic E-state index is -0.921. The fourth-order valence-electron chi connectivity index (χ4n) is 3.55. The normalized spacial score (nSPS) is 23.3. The van der Waals surface area contributed by atoms with Crippen molar-refractivity contribution in [2.24, 2.45) is 11.8 Å². The van der Waals surface area contributed by atoms with Crippen molar-refractivity contribution in [3.05, 3.63) is 41.4 Å². The molecule has 0 radical (unpaired) electrons. The molecule has 1 fully saturated rings. The van der Waals surface area contributed by atoms with Gasteiger partial charge >= 0.3 is 5.97 Å². The highest BCUT2D eigenvalue weighted by Crippen LogP contribution is 2.36. The van der Waals surface area contributed by atoms with E-state index in [-0.39, 0.29) is 30.3 Å². The van der Waals surface area contributed by atoms with E-state index < -0.39 is 12.0 Å². The van der Waals surface area contributed by atoms with Crippen LogP contribution in [0, 0.1) is 11.8 Å². The molecule has 3 atom stereocenters. The second-order valence-corrected chi connectivity index (χ2v) is 7.68. The SMILES string of the molecule is C[C@@H](C(=O)OCc1nc2ccccc2s1)N1C(=O)[C@H]2CC=CC[C@@H]2C1=O. The molecule has 7 heteroatoms. The quantitative estimate of drug-likeness (QED) is 0.470. The van der Waals surface area contributed by atoms with Crippen LogP contribution in [0.15, 0.2) is 36.4 Å². The van der Waals surface area contributed by atoms with Crippen molar-refractivity contribution >= 4 is 39.3 Å². The number of hydrogen-bond donors (Lipinski definition) is 0. The molecule has 0 unspecified atom stereocenters. The lowest BCUT2D eigenvalue weighted by Gasteiger charge is -2.21. The van der Waals surface area contributed by atoms with Crippen molar-refractivity contribution in [3.63, 3.8) is 0 Å². The molecule has 1 saturated heterocycles. The van der Waals surface area contributed by atoms with Gasteiger partial charge in [-0.25, -0.2) is 9.78 Å². The predicted molar refractivity (Wildman–Crippen MR) is 96.1 cm³/mol. The van der Waals surface area contributed by atoms with Gasteiger partial charge in [-0.05, 0) is 31.9 Å². The predicted octanol–water partition coefficient (Wildman–Crippen LogP) is 2.68. The van der Waals surface area contributed by atoms with Crippen LogP contribution in [-0.4, -0.2) is 33.7 Å². The van der Waals surface area contributed by atoms with Gasteiger partial charge in [-0.1, -0.05) is 24.3 Å². The van der Waals surface area contributed by atoms with Crippen molar-refractivity contribution in [2.75, 3.05) is 0 Å². The summed E-state index contributed by atoms with van der Waals surface area (Å²) < 4.78 is 6.35. The molecule has 1 aliphatic carbocycles. The van der Waals surface area contributed by atoms with Crippen LogP contribution >= 0.6 is 11.3 Å². The summed E-state index contributed by atoms with van der Waals surface area (Å²) in [5, 5.41) is 0.684. The van der Waals surface area contributed by atoms with Gasteiger partial charge < -0.3 is 4.74 Å². The average molecular weight is 370 g/mol. The Balaban J connectivity index is 1.43. The first-order valence-corrected chi connectivity index (χ1v) is 9.41. The van der Waals surface area contributed by atoms with E-state index in [1.54, 1.807) is 6.92 Å². The number of carbonyl (C=O) groups is 3. The Morgan fingerprint density at radius 2 is 1.88 bits per heavy atom. The molecule has 6 nitrogen and oxygen atoms in total. The Bertz CT molecular complexity index is 860. The second kappa shape index (κ2) is 6.64. The number of amides is 2. The topological polar surface area (TPSA) is 76.6 Å². The highest BCUT2D eigenvalue weighted by Gasteiger charge is 2.50. The van der Waals surface area contributed by atoms with Crippen molar-refractivity contribution < 1.29 is 19.1 Å². The maximum Gasteiger partial charge on any atom is 0.329 e. The minimum Gasteiger partial charge on any atom is -0.457 e. The van der Waals surface area contributed by atoms with Gasteiger partial charge in [-0.3, -0.25) is 14.5 Å². The number of nitrogens with zero attached hydrogens (tertiary/aromatic N) is 2. The molecule has 1 aliphatic heterocycles. The maximum absolute atomic E-state index is 12.5. The van der Waals surface area contributed by atoms with Crippen molar-refractivity contribution in [1.29, 1.82) is 0 Å². The van der Waals surface area contributed by atoms with Gasteiger partial charge in [0, 0.05) is 0 Å². The van der Waals surface area contributed by atoms with Crippen LogP contribution in [0.25, 0.3) is 10.2 Å². The number of aromatic nitrogens is 1. The third-order valence-corrected chi connectivity index (χ3v) is 5.96. The van der Waals surface area contributed by atoms with Crippen molar-refractivity contribution in [3.8, 4) is 0 Å². The largest absolute Gasteiger partial charge is 0.457 e. The first-order valence-electron chi connectivity index (χ1n) is 8.59. The first-order chi connectivity index (χ1) is 12.6. The lowest BCUT2D eigenvalue weighted by Crippen LogP contribution is -2.44. The number of thiazole rings is 1. The highest BCUT2D eigenvalue weighted by molar-refractivity contribution is 7.18. The number of para-hydroxylation sites is 1. The number of rotatable bonds is 4. The molecule has 2 amide bonds. The number of likely N-dealkylation sites (tertiary alicyclic amines) is 1. The third kappa shape index (κ3) is 2.82. The zero-order chi connectivity index (χ0) is 18.3. The number of imide groups is 1. The Kier molecular flexibility index (Phi) is 4.32. The molecule has 4 rings (SSSR count). The van der Waals surface area contributed by atoms with Crippen LogP contribution in [0.4, 0.5) is 0 Å². The number of hydrogen-bond acceptors (Lipinski definition) is 6. The van der Waals surface area contributed by atoms with E-state index in [9.17, 15) is 14.4 Å². The summed E-state index contributed by atoms with van der Waals surface area (Å²) in [6, 6.07) is 6.76. The van der Waals surface area contributed by atoms with Crippen LogP contribution in [0.2, 0.25) is 0 Å². The van der Waals surface area contributed by atoms with E-state index in [0.717, 1.165) is 15.1 Å². The van der Waals surface area contributed by atoms with Crippen LogP contribution in [0.5, 0.6) is 0 Å². The minimum absolute atomic E-state index is 0.0349. The zero-order valence-electron chi connectivity index (χ0n) is 14.3. The third-order valence-electron chi connectivity index (χ3n) is 4.95. The summed E-state index contributed by atoms with van der Waals surface area (Å²) in [7, 11) is 0. The molecular formula is C19H18N2O4S. The van der Waals surface area contributed by atoms with Gasteiger partial charge in [0.25, 0.3) is 0 Å². The number of ether oxygens (including phenoxy) is 1. The maximum atomic E-state index is 12.5. The summed E-state index contributed by atoms with van der Waals surface area (Å²) in [4.78, 5) is 43.0. The number of allylic oxidation sites excluding steroid dienone is 2. The van der Waals surface area contributed by atoms with Crippen LogP contribution in [0.3, 0.4) is 0 Å². The van der Waals surface area contributed by atoms with Crippen LogP contribution in [0.1, 0.15) is 24.8 Å². The van der Waals surface area contributed by atoms with Gasteiger partial charge in [0.1, 0.15) is 17.7 Å². The first kappa shape index (κ1) is 16.9. The Morgan fingerprint density at radius 1 is 1.23 bits per heavy atom. The summed E-state index contributed by atoms with van der Waals surface area (Å²) in [6.45, 7) is 1.58. The van der Waals surface area contributed by atoms with Gasteiger partial charge in [-0.2, -0.15) is 0 Å². The molecule has 1 aromatic heterocycles. The number of benzene rings is 1. The fraction of sp³-hybridized carbons (Fsp3) is 0.368. The van der Waals surface area contributed by atoms with Crippen LogP contribution < -0.4 is 0 Å². The molecule has 2 heterocycles. The average Bonchev–Trinajstić information content (AvgIpc) is 3.18. The molecule has 0 bridgehead atoms. The molecular weight excluding hydrogens is 352 g/mol. The molecule has 0 spiro atoms. The van der Waals surface area contributed by atoms with E-state index in [1.165, 1.54) is 11.3 Å². The monoisotopic (exact) mass is 370 g/mol. The molecule has 0 saturated carbocycles. The summed E-state index contributed by atoms with van der Waals surface area (Å²) in [5.41, 5.74) is 0.859. The van der Waals surface area contributed by atoms with Gasteiger partial charge in [-0.15, -0.1) is 11.3 Å². The molecule has 134 valence electrons. The Labute approximate surface area is 154 Å². The van der Waals surface area contributed by atoms with E-state index in [2.05, 4.69) is 4.98 Å². The molecule has 2 aliphatic rings. The Hall–Kier alpha value is -2.54. The van der Waals surface area contributed by atoms with Crippen molar-refractivity contribution in [2.45, 2.75) is 32.4 Å². The molecule has 2 aromatic rings. The van der Waals surface area contributed by atoms with Gasteiger partial charge in [0.2, 0.25) is 11.8 Å². The van der Waals surface area contributed by atoms with E-state index in [1.807, 2.05) is 36.4 Å². The van der Waals surface area contributed by atoms with Gasteiger partial charge in [0.05, 0.1) is 22.1 Å². The number of fused-ring (bicyclic) bond motifs is 2. The summed E-state index contributed by atoms with van der Waals surface area (Å²) >= 11 is 1.46. The van der Waals surface area contributed by atoms with Crippen LogP contribution in [-0.2, 0) is 25.7 Å². The second-order valence-electron chi connectivity index (χ2n) is 6.56. The van der Waals surface area contributed by atoms with Crippen molar-refractivity contribution in [1.82, 2.24) is 9.88 Å². The lowest BCUT2D eigenvalue weighted by molar-refractivity contribution is -0.159. The number of carbonyl (C=O) groups excluding carboxylic acids is 3. The molecule has 26 heavy (non-hydrogen) atoms. The number of esters is 1. The highest BCUT2D eigenvalue weighted by atomic mass is 32.1. The summed E-state index contributed by atoms with van der Waals surface area (Å²) in [6.07, 6.45) is 4.95. The molecule has 0 N–H and O–H groups in total. The smallest absolute Gasteiger partial charge is 0.329 e. The lowest BCUT2D eigenvalue weighted by atomic mass is 9.85. The fourth-order valence-corrected chi connectivity index (χ4v) is 4.43. The zero-order valence-corrected chi connectivity index (χ0v) is 15.1. The van der Waals surface area contributed by atoms with E-state index in [4.69, 9.17) is 4.74 Å².